The topological polar surface area (TPSA) is 75.3 Å². The van der Waals surface area contributed by atoms with Crippen molar-refractivity contribution in [3.8, 4) is 0 Å². The summed E-state index contributed by atoms with van der Waals surface area (Å²) in [6, 6.07) is 5.52. The van der Waals surface area contributed by atoms with E-state index in [9.17, 15) is 4.79 Å². The van der Waals surface area contributed by atoms with Gasteiger partial charge < -0.3 is 16.2 Å². The summed E-state index contributed by atoms with van der Waals surface area (Å²) < 4.78 is 0. The lowest BCUT2D eigenvalue weighted by atomic mass is 10.1. The van der Waals surface area contributed by atoms with Crippen LogP contribution in [0, 0.1) is 0 Å². The summed E-state index contributed by atoms with van der Waals surface area (Å²) in [5.74, 6) is -0.984. The number of nitrogens with two attached hydrogens (primary N) is 1. The highest BCUT2D eigenvalue weighted by atomic mass is 16.4. The van der Waals surface area contributed by atoms with E-state index >= 15 is 0 Å². The van der Waals surface area contributed by atoms with Crippen LogP contribution < -0.4 is 11.1 Å². The predicted molar refractivity (Wildman–Crippen MR) is 54.5 cm³/mol. The van der Waals surface area contributed by atoms with E-state index in [1.165, 1.54) is 0 Å². The predicted octanol–water partition coefficient (Wildman–Crippen LogP) is 1.54. The lowest BCUT2D eigenvalue weighted by Crippen LogP contribution is -2.06. The third-order valence-corrected chi connectivity index (χ3v) is 2.23. The summed E-state index contributed by atoms with van der Waals surface area (Å²) in [5, 5.41) is 12.1. The quantitative estimate of drug-likeness (QED) is 0.635. The largest absolute Gasteiger partial charge is 0.478 e. The second kappa shape index (κ2) is 3.21. The number of carboxylic acid groups (broad SMARTS) is 1. The number of carboxylic acids is 1. The van der Waals surface area contributed by atoms with Gasteiger partial charge >= 0.3 is 5.97 Å². The third kappa shape index (κ3) is 1.79. The van der Waals surface area contributed by atoms with Crippen molar-refractivity contribution in [3.05, 3.63) is 23.8 Å². The molecule has 0 radical (unpaired) electrons. The van der Waals surface area contributed by atoms with E-state index in [1.54, 1.807) is 18.2 Å². The van der Waals surface area contributed by atoms with Crippen LogP contribution in [0.25, 0.3) is 0 Å². The smallest absolute Gasteiger partial charge is 0.337 e. The molecule has 0 atom stereocenters. The Bertz CT molecular complexity index is 372. The minimum Gasteiger partial charge on any atom is -0.478 e. The fourth-order valence-electron chi connectivity index (χ4n) is 1.29. The highest BCUT2D eigenvalue weighted by Crippen LogP contribution is 2.26. The molecule has 0 bridgehead atoms. The van der Waals surface area contributed by atoms with Crippen molar-refractivity contribution < 1.29 is 9.90 Å². The van der Waals surface area contributed by atoms with Gasteiger partial charge in [0.05, 0.1) is 5.56 Å². The zero-order valence-corrected chi connectivity index (χ0v) is 7.66. The Labute approximate surface area is 81.7 Å². The van der Waals surface area contributed by atoms with Gasteiger partial charge in [-0.05, 0) is 31.0 Å². The van der Waals surface area contributed by atoms with Gasteiger partial charge in [0, 0.05) is 17.4 Å². The molecule has 1 aliphatic rings. The average Bonchev–Trinajstić information content (AvgIpc) is 2.92. The molecule has 0 saturated heterocycles. The van der Waals surface area contributed by atoms with E-state index in [0.717, 1.165) is 18.5 Å². The molecule has 0 amide bonds. The number of hydrogen-bond acceptors (Lipinski definition) is 3. The van der Waals surface area contributed by atoms with Crippen LogP contribution in [0.3, 0.4) is 0 Å². The van der Waals surface area contributed by atoms with Crippen molar-refractivity contribution in [2.75, 3.05) is 11.1 Å². The number of nitrogen functional groups attached to an aromatic ring is 1. The van der Waals surface area contributed by atoms with Gasteiger partial charge in [-0.3, -0.25) is 0 Å². The molecule has 4 N–H and O–H groups in total. The van der Waals surface area contributed by atoms with Gasteiger partial charge in [0.15, 0.2) is 0 Å². The first-order valence-electron chi connectivity index (χ1n) is 4.56. The highest BCUT2D eigenvalue weighted by Gasteiger charge is 2.21. The Morgan fingerprint density at radius 1 is 1.50 bits per heavy atom. The van der Waals surface area contributed by atoms with Gasteiger partial charge in [0.1, 0.15) is 0 Å². The van der Waals surface area contributed by atoms with Crippen LogP contribution in [0.4, 0.5) is 11.4 Å². The molecule has 4 nitrogen and oxygen atoms in total. The normalized spacial score (nSPS) is 15.1. The van der Waals surface area contributed by atoms with Gasteiger partial charge in [-0.2, -0.15) is 0 Å². The lowest BCUT2D eigenvalue weighted by molar-refractivity contribution is 0.0698. The van der Waals surface area contributed by atoms with Gasteiger partial charge in [0.25, 0.3) is 0 Å². The minimum absolute atomic E-state index is 0.163. The second-order valence-electron chi connectivity index (χ2n) is 3.53. The molecule has 0 aromatic heterocycles. The van der Waals surface area contributed by atoms with Crippen molar-refractivity contribution in [2.45, 2.75) is 18.9 Å². The standard InChI is InChI=1S/C10H12N2O2/c11-9-4-3-7(12-6-1-2-6)5-8(9)10(13)14/h3-6,12H,1-2,11H2,(H,13,14). The zero-order chi connectivity index (χ0) is 10.1. The van der Waals surface area contributed by atoms with Crippen LogP contribution in [0.1, 0.15) is 23.2 Å². The van der Waals surface area contributed by atoms with Crippen LogP contribution in [-0.4, -0.2) is 17.1 Å². The SMILES string of the molecule is Nc1ccc(NC2CC2)cc1C(=O)O. The maximum atomic E-state index is 10.8. The average molecular weight is 192 g/mol. The molecule has 1 saturated carbocycles. The van der Waals surface area contributed by atoms with Crippen LogP contribution in [0.5, 0.6) is 0 Å². The van der Waals surface area contributed by atoms with E-state index in [4.69, 9.17) is 10.8 Å². The number of hydrogen-bond donors (Lipinski definition) is 3. The molecule has 1 fully saturated rings. The number of nitrogens with one attached hydrogen (secondary N) is 1. The number of carbonyl (C=O) groups is 1. The number of benzene rings is 1. The first-order chi connectivity index (χ1) is 6.66. The Balaban J connectivity index is 2.24. The van der Waals surface area contributed by atoms with E-state index < -0.39 is 5.97 Å². The Kier molecular flexibility index (Phi) is 2.04. The van der Waals surface area contributed by atoms with Gasteiger partial charge in [-0.1, -0.05) is 0 Å². The van der Waals surface area contributed by atoms with Crippen molar-refractivity contribution in [3.63, 3.8) is 0 Å². The maximum absolute atomic E-state index is 10.8. The van der Waals surface area contributed by atoms with Gasteiger partial charge in [-0.15, -0.1) is 0 Å². The molecular formula is C10H12N2O2. The highest BCUT2D eigenvalue weighted by molar-refractivity contribution is 5.94. The number of rotatable bonds is 3. The Hall–Kier alpha value is -1.71. The summed E-state index contributed by atoms with van der Waals surface area (Å²) >= 11 is 0. The van der Waals surface area contributed by atoms with Crippen LogP contribution in [0.2, 0.25) is 0 Å². The summed E-state index contributed by atoms with van der Waals surface area (Å²) in [5.41, 5.74) is 6.83. The van der Waals surface area contributed by atoms with E-state index in [2.05, 4.69) is 5.32 Å². The second-order valence-corrected chi connectivity index (χ2v) is 3.53. The van der Waals surface area contributed by atoms with Gasteiger partial charge in [0.2, 0.25) is 0 Å². The fraction of sp³-hybridized carbons (Fsp3) is 0.300. The van der Waals surface area contributed by atoms with Crippen LogP contribution >= 0.6 is 0 Å². The Morgan fingerprint density at radius 3 is 2.79 bits per heavy atom. The first kappa shape index (κ1) is 8.87. The van der Waals surface area contributed by atoms with E-state index in [0.29, 0.717) is 11.7 Å². The van der Waals surface area contributed by atoms with E-state index in [-0.39, 0.29) is 5.56 Å². The molecule has 1 aromatic rings. The van der Waals surface area contributed by atoms with Crippen molar-refractivity contribution >= 4 is 17.3 Å². The number of anilines is 2. The molecule has 0 aliphatic heterocycles. The Morgan fingerprint density at radius 2 is 2.21 bits per heavy atom. The van der Waals surface area contributed by atoms with E-state index in [1.807, 2.05) is 0 Å². The molecular weight excluding hydrogens is 180 g/mol. The third-order valence-electron chi connectivity index (χ3n) is 2.23. The molecule has 0 heterocycles. The zero-order valence-electron chi connectivity index (χ0n) is 7.66. The van der Waals surface area contributed by atoms with Gasteiger partial charge in [-0.25, -0.2) is 4.79 Å². The summed E-state index contributed by atoms with van der Waals surface area (Å²) in [7, 11) is 0. The van der Waals surface area contributed by atoms with Crippen molar-refractivity contribution in [1.29, 1.82) is 0 Å². The first-order valence-corrected chi connectivity index (χ1v) is 4.56. The summed E-state index contributed by atoms with van der Waals surface area (Å²) in [6.07, 6.45) is 2.32. The maximum Gasteiger partial charge on any atom is 0.337 e. The van der Waals surface area contributed by atoms with Crippen LogP contribution in [-0.2, 0) is 0 Å². The summed E-state index contributed by atoms with van der Waals surface area (Å²) in [4.78, 5) is 10.8. The molecule has 14 heavy (non-hydrogen) atoms. The van der Waals surface area contributed by atoms with Crippen molar-refractivity contribution in [2.24, 2.45) is 0 Å². The molecule has 1 aliphatic carbocycles. The molecule has 74 valence electrons. The van der Waals surface area contributed by atoms with Crippen molar-refractivity contribution in [1.82, 2.24) is 0 Å². The molecule has 1 aromatic carbocycles. The fourth-order valence-corrected chi connectivity index (χ4v) is 1.29. The molecule has 0 spiro atoms. The molecule has 2 rings (SSSR count). The summed E-state index contributed by atoms with van der Waals surface area (Å²) in [6.45, 7) is 0. The lowest BCUT2D eigenvalue weighted by Gasteiger charge is -2.06. The molecule has 4 heteroatoms. The number of aromatic carboxylic acids is 1. The van der Waals surface area contributed by atoms with Crippen LogP contribution in [0.15, 0.2) is 18.2 Å². The minimum atomic E-state index is -0.984. The monoisotopic (exact) mass is 192 g/mol. The molecule has 0 unspecified atom stereocenters.